The monoisotopic (exact) mass is 364 g/mol. The second-order valence-electron chi connectivity index (χ2n) is 7.68. The first-order valence-electron chi connectivity index (χ1n) is 9.23. The number of nitrogens with zero attached hydrogens (tertiary/aromatic N) is 4. The lowest BCUT2D eigenvalue weighted by Crippen LogP contribution is -2.50. The van der Waals surface area contributed by atoms with E-state index in [0.29, 0.717) is 39.4 Å². The molecule has 3 heterocycles. The van der Waals surface area contributed by atoms with E-state index in [1.165, 1.54) is 4.68 Å². The van der Waals surface area contributed by atoms with E-state index in [4.69, 9.17) is 4.74 Å². The summed E-state index contributed by atoms with van der Waals surface area (Å²) in [5, 5.41) is 14.8. The fraction of sp³-hybridized carbons (Fsp3) is 0.722. The smallest absolute Gasteiger partial charge is 0.320 e. The molecule has 2 amide bonds. The number of carbonyl (C=O) groups excluding carboxylic acids is 2. The minimum Gasteiger partial charge on any atom is -0.378 e. The quantitative estimate of drug-likeness (QED) is 0.812. The molecule has 0 radical (unpaired) electrons. The number of hydrogen-bond donors (Lipinski definition) is 1. The predicted octanol–water partition coefficient (Wildman–Crippen LogP) is 1.23. The van der Waals surface area contributed by atoms with Gasteiger partial charge in [0.15, 0.2) is 6.23 Å². The van der Waals surface area contributed by atoms with Crippen molar-refractivity contribution in [3.05, 3.63) is 18.0 Å². The third-order valence-electron chi connectivity index (χ3n) is 5.31. The molecule has 0 saturated carbocycles. The van der Waals surface area contributed by atoms with E-state index >= 15 is 0 Å². The third-order valence-corrected chi connectivity index (χ3v) is 5.31. The van der Waals surface area contributed by atoms with Gasteiger partial charge in [-0.2, -0.15) is 5.10 Å². The van der Waals surface area contributed by atoms with Crippen LogP contribution >= 0.6 is 0 Å². The molecule has 1 atom stereocenters. The van der Waals surface area contributed by atoms with Gasteiger partial charge >= 0.3 is 6.03 Å². The van der Waals surface area contributed by atoms with Crippen LogP contribution in [0.25, 0.3) is 0 Å². The standard InChI is InChI=1S/C18H28N4O4/c1-18(2,13-23)16(24)22-8-5-15(19-22)14-3-6-20(7-4-14)17(25)21-9-11-26-12-10-21/h5,8,13-14,16,24H,3-4,6-7,9-12H2,1-2H3. The maximum atomic E-state index is 12.5. The summed E-state index contributed by atoms with van der Waals surface area (Å²) in [4.78, 5) is 27.4. The Morgan fingerprint density at radius 2 is 1.88 bits per heavy atom. The molecule has 2 fully saturated rings. The number of hydrogen-bond acceptors (Lipinski definition) is 5. The summed E-state index contributed by atoms with van der Waals surface area (Å²) < 4.78 is 6.75. The van der Waals surface area contributed by atoms with Crippen LogP contribution in [0.4, 0.5) is 4.79 Å². The number of aliphatic hydroxyl groups excluding tert-OH is 1. The molecule has 2 saturated heterocycles. The minimum absolute atomic E-state index is 0.0976. The summed E-state index contributed by atoms with van der Waals surface area (Å²) in [6.45, 7) is 7.31. The number of rotatable bonds is 4. The van der Waals surface area contributed by atoms with Crippen LogP contribution in [0.5, 0.6) is 0 Å². The van der Waals surface area contributed by atoms with Crippen molar-refractivity contribution in [2.24, 2.45) is 5.41 Å². The van der Waals surface area contributed by atoms with Crippen molar-refractivity contribution in [1.82, 2.24) is 19.6 Å². The number of aliphatic hydroxyl groups is 1. The summed E-state index contributed by atoms with van der Waals surface area (Å²) >= 11 is 0. The van der Waals surface area contributed by atoms with E-state index in [1.807, 2.05) is 15.9 Å². The fourth-order valence-electron chi connectivity index (χ4n) is 3.43. The van der Waals surface area contributed by atoms with Gasteiger partial charge in [0.2, 0.25) is 0 Å². The number of urea groups is 1. The lowest BCUT2D eigenvalue weighted by Gasteiger charge is -2.36. The van der Waals surface area contributed by atoms with Crippen molar-refractivity contribution in [3.63, 3.8) is 0 Å². The van der Waals surface area contributed by atoms with Crippen molar-refractivity contribution in [1.29, 1.82) is 0 Å². The molecule has 1 aromatic heterocycles. The van der Waals surface area contributed by atoms with Crippen molar-refractivity contribution >= 4 is 12.3 Å². The maximum absolute atomic E-state index is 12.5. The second kappa shape index (κ2) is 7.75. The molecule has 26 heavy (non-hydrogen) atoms. The van der Waals surface area contributed by atoms with E-state index in [1.54, 1.807) is 20.0 Å². The maximum Gasteiger partial charge on any atom is 0.320 e. The van der Waals surface area contributed by atoms with Crippen LogP contribution in [0.2, 0.25) is 0 Å². The molecule has 8 nitrogen and oxygen atoms in total. The number of aldehydes is 1. The Kier molecular flexibility index (Phi) is 5.62. The molecular formula is C18H28N4O4. The molecule has 0 bridgehead atoms. The van der Waals surface area contributed by atoms with Gasteiger partial charge in [-0.3, -0.25) is 0 Å². The molecular weight excluding hydrogens is 336 g/mol. The van der Waals surface area contributed by atoms with Crippen LogP contribution < -0.4 is 0 Å². The Hall–Kier alpha value is -1.93. The molecule has 2 aliphatic rings. The summed E-state index contributed by atoms with van der Waals surface area (Å²) in [5.74, 6) is 0.261. The largest absolute Gasteiger partial charge is 0.378 e. The summed E-state index contributed by atoms with van der Waals surface area (Å²) in [5.41, 5.74) is 0.0150. The highest BCUT2D eigenvalue weighted by Gasteiger charge is 2.32. The fourth-order valence-corrected chi connectivity index (χ4v) is 3.43. The normalized spacial score (nSPS) is 20.9. The van der Waals surface area contributed by atoms with E-state index in [9.17, 15) is 14.7 Å². The molecule has 0 spiro atoms. The summed E-state index contributed by atoms with van der Waals surface area (Å²) in [7, 11) is 0. The summed E-state index contributed by atoms with van der Waals surface area (Å²) in [6.07, 6.45) is 3.17. The Labute approximate surface area is 153 Å². The van der Waals surface area contributed by atoms with Gasteiger partial charge in [0.1, 0.15) is 6.29 Å². The molecule has 0 aromatic carbocycles. The Balaban J connectivity index is 1.57. The van der Waals surface area contributed by atoms with Crippen molar-refractivity contribution in [3.8, 4) is 0 Å². The highest BCUT2D eigenvalue weighted by molar-refractivity contribution is 5.74. The minimum atomic E-state index is -0.989. The van der Waals surface area contributed by atoms with Crippen LogP contribution in [0.1, 0.15) is 44.5 Å². The van der Waals surface area contributed by atoms with Gasteiger partial charge < -0.3 is 24.4 Å². The lowest BCUT2D eigenvalue weighted by atomic mass is 9.93. The third kappa shape index (κ3) is 3.91. The molecule has 0 aliphatic carbocycles. The number of likely N-dealkylation sites (tertiary alicyclic amines) is 1. The first-order valence-corrected chi connectivity index (χ1v) is 9.23. The number of ether oxygens (including phenoxy) is 1. The van der Waals surface area contributed by atoms with Crippen LogP contribution in [-0.4, -0.2) is 76.4 Å². The molecule has 2 aliphatic heterocycles. The molecule has 1 unspecified atom stereocenters. The van der Waals surface area contributed by atoms with Gasteiger partial charge in [-0.15, -0.1) is 0 Å². The molecule has 3 rings (SSSR count). The van der Waals surface area contributed by atoms with Crippen LogP contribution in [0.15, 0.2) is 12.3 Å². The zero-order valence-corrected chi connectivity index (χ0v) is 15.5. The highest BCUT2D eigenvalue weighted by Crippen LogP contribution is 2.30. The first kappa shape index (κ1) is 18.8. The van der Waals surface area contributed by atoms with Gasteiger partial charge in [-0.05, 0) is 32.8 Å². The average Bonchev–Trinajstić information content (AvgIpc) is 3.17. The van der Waals surface area contributed by atoms with Gasteiger partial charge in [-0.25, -0.2) is 9.48 Å². The predicted molar refractivity (Wildman–Crippen MR) is 94.7 cm³/mol. The highest BCUT2D eigenvalue weighted by atomic mass is 16.5. The van der Waals surface area contributed by atoms with Crippen molar-refractivity contribution in [2.45, 2.75) is 38.8 Å². The Morgan fingerprint density at radius 1 is 1.27 bits per heavy atom. The Morgan fingerprint density at radius 3 is 2.50 bits per heavy atom. The van der Waals surface area contributed by atoms with Gasteiger partial charge in [-0.1, -0.05) is 0 Å². The van der Waals surface area contributed by atoms with E-state index in [-0.39, 0.29) is 11.9 Å². The molecule has 1 N–H and O–H groups in total. The van der Waals surface area contributed by atoms with E-state index in [0.717, 1.165) is 24.8 Å². The van der Waals surface area contributed by atoms with Gasteiger partial charge in [0.05, 0.1) is 24.3 Å². The number of morpholine rings is 1. The van der Waals surface area contributed by atoms with Gasteiger partial charge in [0, 0.05) is 38.3 Å². The average molecular weight is 364 g/mol. The van der Waals surface area contributed by atoms with Crippen molar-refractivity contribution in [2.75, 3.05) is 39.4 Å². The van der Waals surface area contributed by atoms with Gasteiger partial charge in [0.25, 0.3) is 0 Å². The van der Waals surface area contributed by atoms with E-state index in [2.05, 4.69) is 5.10 Å². The van der Waals surface area contributed by atoms with Crippen LogP contribution in [0, 0.1) is 5.41 Å². The number of piperidine rings is 1. The molecule has 8 heteroatoms. The zero-order valence-electron chi connectivity index (χ0n) is 15.5. The number of carbonyl (C=O) groups is 2. The topological polar surface area (TPSA) is 87.9 Å². The molecule has 1 aromatic rings. The van der Waals surface area contributed by atoms with Crippen molar-refractivity contribution < 1.29 is 19.4 Å². The number of amides is 2. The van der Waals surface area contributed by atoms with Crippen LogP contribution in [-0.2, 0) is 9.53 Å². The SMILES string of the molecule is CC(C)(C=O)C(O)n1ccc(C2CCN(C(=O)N3CCOCC3)CC2)n1. The summed E-state index contributed by atoms with van der Waals surface area (Å²) in [6, 6.07) is 1.99. The van der Waals surface area contributed by atoms with E-state index < -0.39 is 11.6 Å². The first-order chi connectivity index (χ1) is 12.4. The lowest BCUT2D eigenvalue weighted by molar-refractivity contribution is -0.124. The second-order valence-corrected chi connectivity index (χ2v) is 7.68. The molecule has 144 valence electrons. The zero-order chi connectivity index (χ0) is 18.7. The number of aromatic nitrogens is 2. The Bertz CT molecular complexity index is 631. The van der Waals surface area contributed by atoms with Crippen LogP contribution in [0.3, 0.4) is 0 Å².